The van der Waals surface area contributed by atoms with E-state index in [1.54, 1.807) is 10.9 Å². The largest absolute Gasteiger partial charge is 0.485 e. The van der Waals surface area contributed by atoms with Crippen molar-refractivity contribution in [3.63, 3.8) is 0 Å². The first-order valence-corrected chi connectivity index (χ1v) is 4.81. The van der Waals surface area contributed by atoms with E-state index in [2.05, 4.69) is 5.10 Å². The summed E-state index contributed by atoms with van der Waals surface area (Å²) in [5.74, 6) is 0.105. The van der Waals surface area contributed by atoms with Gasteiger partial charge in [-0.2, -0.15) is 5.10 Å². The SMILES string of the molecule is Cn1nccc1COc1ccc(F)cc1N. The molecule has 2 N–H and O–H groups in total. The highest BCUT2D eigenvalue weighted by molar-refractivity contribution is 5.52. The first-order chi connectivity index (χ1) is 7.66. The number of nitrogens with zero attached hydrogens (tertiary/aromatic N) is 2. The van der Waals surface area contributed by atoms with Crippen molar-refractivity contribution in [1.82, 2.24) is 9.78 Å². The molecular formula is C11H12FN3O. The van der Waals surface area contributed by atoms with Crippen LogP contribution in [0.2, 0.25) is 0 Å². The van der Waals surface area contributed by atoms with E-state index in [1.807, 2.05) is 13.1 Å². The maximum absolute atomic E-state index is 12.8. The zero-order chi connectivity index (χ0) is 11.5. The third kappa shape index (κ3) is 2.13. The molecule has 0 fully saturated rings. The molecule has 84 valence electrons. The zero-order valence-electron chi connectivity index (χ0n) is 8.85. The number of anilines is 1. The molecule has 0 spiro atoms. The average Bonchev–Trinajstić information content (AvgIpc) is 2.63. The van der Waals surface area contributed by atoms with Crippen molar-refractivity contribution >= 4 is 5.69 Å². The summed E-state index contributed by atoms with van der Waals surface area (Å²) in [5.41, 5.74) is 6.83. The predicted molar refractivity (Wildman–Crippen MR) is 58.4 cm³/mol. The van der Waals surface area contributed by atoms with Gasteiger partial charge < -0.3 is 10.5 Å². The maximum atomic E-state index is 12.8. The Hall–Kier alpha value is -2.04. The van der Waals surface area contributed by atoms with Crippen molar-refractivity contribution in [3.8, 4) is 5.75 Å². The second-order valence-corrected chi connectivity index (χ2v) is 3.42. The van der Waals surface area contributed by atoms with Crippen molar-refractivity contribution in [1.29, 1.82) is 0 Å². The van der Waals surface area contributed by atoms with Crippen LogP contribution >= 0.6 is 0 Å². The molecule has 0 aliphatic heterocycles. The summed E-state index contributed by atoms with van der Waals surface area (Å²) in [6.07, 6.45) is 1.69. The van der Waals surface area contributed by atoms with E-state index in [0.717, 1.165) is 5.69 Å². The van der Waals surface area contributed by atoms with Gasteiger partial charge in [0.2, 0.25) is 0 Å². The van der Waals surface area contributed by atoms with Crippen LogP contribution in [0.15, 0.2) is 30.5 Å². The number of aromatic nitrogens is 2. The highest BCUT2D eigenvalue weighted by Crippen LogP contribution is 2.22. The molecule has 0 saturated heterocycles. The number of hydrogen-bond donors (Lipinski definition) is 1. The van der Waals surface area contributed by atoms with E-state index in [1.165, 1.54) is 18.2 Å². The standard InChI is InChI=1S/C11H12FN3O/c1-15-9(4-5-14-15)7-16-11-3-2-8(12)6-10(11)13/h2-6H,7,13H2,1H3. The first-order valence-electron chi connectivity index (χ1n) is 4.81. The minimum atomic E-state index is -0.370. The molecule has 0 saturated carbocycles. The Labute approximate surface area is 92.4 Å². The van der Waals surface area contributed by atoms with Crippen LogP contribution in [0.3, 0.4) is 0 Å². The molecule has 1 heterocycles. The van der Waals surface area contributed by atoms with Gasteiger partial charge in [0, 0.05) is 19.3 Å². The Morgan fingerprint density at radius 3 is 2.88 bits per heavy atom. The molecule has 2 aromatic rings. The van der Waals surface area contributed by atoms with Crippen LogP contribution < -0.4 is 10.5 Å². The summed E-state index contributed by atoms with van der Waals surface area (Å²) in [4.78, 5) is 0. The molecule has 16 heavy (non-hydrogen) atoms. The van der Waals surface area contributed by atoms with Gasteiger partial charge in [0.05, 0.1) is 11.4 Å². The van der Waals surface area contributed by atoms with Crippen molar-refractivity contribution in [2.24, 2.45) is 7.05 Å². The lowest BCUT2D eigenvalue weighted by molar-refractivity contribution is 0.296. The van der Waals surface area contributed by atoms with E-state index < -0.39 is 0 Å². The number of nitrogen functional groups attached to an aromatic ring is 1. The smallest absolute Gasteiger partial charge is 0.142 e. The van der Waals surface area contributed by atoms with Gasteiger partial charge in [0.1, 0.15) is 18.2 Å². The van der Waals surface area contributed by atoms with E-state index in [9.17, 15) is 4.39 Å². The zero-order valence-corrected chi connectivity index (χ0v) is 8.85. The summed E-state index contributed by atoms with van der Waals surface area (Å²) in [5, 5.41) is 4.01. The number of aryl methyl sites for hydroxylation is 1. The van der Waals surface area contributed by atoms with Gasteiger partial charge in [-0.3, -0.25) is 4.68 Å². The molecule has 4 nitrogen and oxygen atoms in total. The van der Waals surface area contributed by atoms with E-state index in [0.29, 0.717) is 18.0 Å². The molecule has 0 bridgehead atoms. The Morgan fingerprint density at radius 1 is 1.44 bits per heavy atom. The molecule has 0 aliphatic rings. The number of benzene rings is 1. The normalized spacial score (nSPS) is 10.4. The summed E-state index contributed by atoms with van der Waals surface area (Å²) in [7, 11) is 1.83. The summed E-state index contributed by atoms with van der Waals surface area (Å²) < 4.78 is 19.9. The number of nitrogens with two attached hydrogens (primary N) is 1. The number of hydrogen-bond acceptors (Lipinski definition) is 3. The molecular weight excluding hydrogens is 209 g/mol. The van der Waals surface area contributed by atoms with Gasteiger partial charge in [-0.05, 0) is 18.2 Å². The minimum Gasteiger partial charge on any atom is -0.485 e. The van der Waals surface area contributed by atoms with E-state index in [-0.39, 0.29) is 5.82 Å². The van der Waals surface area contributed by atoms with Crippen molar-refractivity contribution in [2.75, 3.05) is 5.73 Å². The molecule has 0 atom stereocenters. The fourth-order valence-electron chi connectivity index (χ4n) is 1.35. The quantitative estimate of drug-likeness (QED) is 0.803. The molecule has 5 heteroatoms. The maximum Gasteiger partial charge on any atom is 0.142 e. The lowest BCUT2D eigenvalue weighted by Gasteiger charge is -2.08. The van der Waals surface area contributed by atoms with Crippen LogP contribution in [0, 0.1) is 5.82 Å². The summed E-state index contributed by atoms with van der Waals surface area (Å²) >= 11 is 0. The predicted octanol–water partition coefficient (Wildman–Crippen LogP) is 1.72. The lowest BCUT2D eigenvalue weighted by Crippen LogP contribution is -2.04. The van der Waals surface area contributed by atoms with Gasteiger partial charge in [0.15, 0.2) is 0 Å². The third-order valence-corrected chi connectivity index (χ3v) is 2.27. The van der Waals surface area contributed by atoms with Crippen LogP contribution in [-0.2, 0) is 13.7 Å². The minimum absolute atomic E-state index is 0.294. The Balaban J connectivity index is 2.08. The van der Waals surface area contributed by atoms with Gasteiger partial charge in [-0.25, -0.2) is 4.39 Å². The van der Waals surface area contributed by atoms with Crippen LogP contribution in [-0.4, -0.2) is 9.78 Å². The van der Waals surface area contributed by atoms with Gasteiger partial charge >= 0.3 is 0 Å². The van der Waals surface area contributed by atoms with Crippen molar-refractivity contribution in [3.05, 3.63) is 42.0 Å². The number of ether oxygens (including phenoxy) is 1. The molecule has 1 aromatic carbocycles. The molecule has 1 aromatic heterocycles. The van der Waals surface area contributed by atoms with Crippen molar-refractivity contribution in [2.45, 2.75) is 6.61 Å². The van der Waals surface area contributed by atoms with Crippen LogP contribution in [0.5, 0.6) is 5.75 Å². The topological polar surface area (TPSA) is 53.1 Å². The highest BCUT2D eigenvalue weighted by atomic mass is 19.1. The van der Waals surface area contributed by atoms with Gasteiger partial charge in [-0.15, -0.1) is 0 Å². The Bertz CT molecular complexity index is 496. The van der Waals surface area contributed by atoms with Crippen LogP contribution in [0.25, 0.3) is 0 Å². The molecule has 0 amide bonds. The monoisotopic (exact) mass is 221 g/mol. The van der Waals surface area contributed by atoms with Crippen LogP contribution in [0.4, 0.5) is 10.1 Å². The Kier molecular flexibility index (Phi) is 2.76. The first kappa shape index (κ1) is 10.5. The molecule has 0 radical (unpaired) electrons. The average molecular weight is 221 g/mol. The fraction of sp³-hybridized carbons (Fsp3) is 0.182. The van der Waals surface area contributed by atoms with Gasteiger partial charge in [0.25, 0.3) is 0 Å². The van der Waals surface area contributed by atoms with Crippen LogP contribution in [0.1, 0.15) is 5.69 Å². The number of rotatable bonds is 3. The fourth-order valence-corrected chi connectivity index (χ4v) is 1.35. The van der Waals surface area contributed by atoms with Gasteiger partial charge in [-0.1, -0.05) is 0 Å². The van der Waals surface area contributed by atoms with E-state index in [4.69, 9.17) is 10.5 Å². The molecule has 0 aliphatic carbocycles. The van der Waals surface area contributed by atoms with E-state index >= 15 is 0 Å². The molecule has 2 rings (SSSR count). The Morgan fingerprint density at radius 2 is 2.25 bits per heavy atom. The third-order valence-electron chi connectivity index (χ3n) is 2.27. The highest BCUT2D eigenvalue weighted by Gasteiger charge is 2.04. The van der Waals surface area contributed by atoms with Crippen molar-refractivity contribution < 1.29 is 9.13 Å². The number of halogens is 1. The summed E-state index contributed by atoms with van der Waals surface area (Å²) in [6, 6.07) is 5.91. The second-order valence-electron chi connectivity index (χ2n) is 3.42. The second kappa shape index (κ2) is 4.22. The lowest BCUT2D eigenvalue weighted by atomic mass is 10.3. The summed E-state index contributed by atoms with van der Waals surface area (Å²) in [6.45, 7) is 0.354. The molecule has 0 unspecified atom stereocenters.